The highest BCUT2D eigenvalue weighted by Crippen LogP contribution is 2.38. The fourth-order valence-electron chi connectivity index (χ4n) is 1.64. The van der Waals surface area contributed by atoms with Crippen LogP contribution in [0.5, 0.6) is 0 Å². The van der Waals surface area contributed by atoms with Crippen LogP contribution in [0.3, 0.4) is 0 Å². The molecule has 1 aliphatic rings. The van der Waals surface area contributed by atoms with Crippen molar-refractivity contribution >= 4 is 29.1 Å². The van der Waals surface area contributed by atoms with Crippen molar-refractivity contribution in [1.29, 1.82) is 0 Å². The zero-order chi connectivity index (χ0) is 14.3. The summed E-state index contributed by atoms with van der Waals surface area (Å²) in [5.74, 6) is 0. The Balaban J connectivity index is 2.01. The van der Waals surface area contributed by atoms with Crippen LogP contribution in [0.15, 0.2) is 21.2 Å². The van der Waals surface area contributed by atoms with Gasteiger partial charge in [-0.1, -0.05) is 0 Å². The van der Waals surface area contributed by atoms with Gasteiger partial charge in [-0.15, -0.1) is 5.10 Å². The molecule has 0 bridgehead atoms. The van der Waals surface area contributed by atoms with Crippen LogP contribution in [0.2, 0.25) is 5.28 Å². The largest absolute Gasteiger partial charge is 0.344 e. The molecule has 1 N–H and O–H groups in total. The first-order chi connectivity index (χ1) is 9.56. The average molecular weight is 315 g/mol. The molecule has 0 amide bonds. The Morgan fingerprint density at radius 3 is 2.95 bits per heavy atom. The quantitative estimate of drug-likeness (QED) is 0.392. The van der Waals surface area contributed by atoms with Crippen molar-refractivity contribution in [1.82, 2.24) is 24.7 Å². The molecule has 0 radical (unpaired) electrons. The number of aromatic nitrogens is 5. The summed E-state index contributed by atoms with van der Waals surface area (Å²) in [6.45, 7) is 0. The average Bonchev–Trinajstić information content (AvgIpc) is 3.15. The topological polar surface area (TPSA) is 120 Å². The summed E-state index contributed by atoms with van der Waals surface area (Å²) in [7, 11) is 0. The molecule has 1 saturated carbocycles. The molecule has 20 heavy (non-hydrogen) atoms. The van der Waals surface area contributed by atoms with Gasteiger partial charge in [-0.05, 0) is 36.2 Å². The number of H-pyrrole nitrogens is 1. The Bertz CT molecular complexity index is 740. The maximum Gasteiger partial charge on any atom is 0.344 e. The normalized spacial score (nSPS) is 14.4. The first kappa shape index (κ1) is 13.1. The zero-order valence-electron chi connectivity index (χ0n) is 9.82. The molecule has 0 spiro atoms. The molecule has 2 aromatic rings. The van der Waals surface area contributed by atoms with Gasteiger partial charge in [-0.2, -0.15) is 0 Å². The second kappa shape index (κ2) is 4.87. The van der Waals surface area contributed by atoms with Gasteiger partial charge in [0.1, 0.15) is 6.20 Å². The van der Waals surface area contributed by atoms with Gasteiger partial charge in [0.2, 0.25) is 5.28 Å². The van der Waals surface area contributed by atoms with E-state index in [1.807, 2.05) is 0 Å². The molecule has 2 aromatic heterocycles. The van der Waals surface area contributed by atoms with Crippen molar-refractivity contribution in [3.63, 3.8) is 0 Å². The van der Waals surface area contributed by atoms with Crippen LogP contribution in [0.4, 0.5) is 5.69 Å². The summed E-state index contributed by atoms with van der Waals surface area (Å²) < 4.78 is 1.48. The Hall–Kier alpha value is -1.94. The van der Waals surface area contributed by atoms with E-state index in [1.54, 1.807) is 0 Å². The minimum atomic E-state index is -0.606. The summed E-state index contributed by atoms with van der Waals surface area (Å²) in [5.41, 5.74) is -0.616. The van der Waals surface area contributed by atoms with E-state index in [0.717, 1.165) is 30.8 Å². The van der Waals surface area contributed by atoms with E-state index >= 15 is 0 Å². The first-order valence-electron chi connectivity index (χ1n) is 5.58. The summed E-state index contributed by atoms with van der Waals surface area (Å²) in [6.07, 6.45) is 2.81. The van der Waals surface area contributed by atoms with Crippen LogP contribution in [0, 0.1) is 10.1 Å². The molecule has 9 nitrogen and oxygen atoms in total. The van der Waals surface area contributed by atoms with Crippen molar-refractivity contribution in [2.45, 2.75) is 29.1 Å². The molecule has 3 rings (SSSR count). The van der Waals surface area contributed by atoms with E-state index in [9.17, 15) is 14.9 Å². The number of aromatic amines is 1. The van der Waals surface area contributed by atoms with Crippen LogP contribution in [-0.4, -0.2) is 29.7 Å². The number of nitrogens with one attached hydrogen (secondary N) is 1. The predicted molar refractivity (Wildman–Crippen MR) is 68.9 cm³/mol. The highest BCUT2D eigenvalue weighted by atomic mass is 35.5. The highest BCUT2D eigenvalue weighted by Gasteiger charge is 2.30. The molecule has 0 saturated heterocycles. The molecule has 0 aliphatic heterocycles. The van der Waals surface area contributed by atoms with Crippen LogP contribution >= 0.6 is 23.4 Å². The van der Waals surface area contributed by atoms with E-state index in [2.05, 4.69) is 20.2 Å². The Labute approximate surface area is 120 Å². The van der Waals surface area contributed by atoms with Gasteiger partial charge in [0.15, 0.2) is 10.2 Å². The maximum absolute atomic E-state index is 11.6. The van der Waals surface area contributed by atoms with Crippen LogP contribution < -0.4 is 5.69 Å². The third-order valence-corrected chi connectivity index (χ3v) is 3.82. The third-order valence-electron chi connectivity index (χ3n) is 2.68. The van der Waals surface area contributed by atoms with Crippen LogP contribution in [-0.2, 0) is 0 Å². The second-order valence-corrected chi connectivity index (χ2v) is 5.40. The summed E-state index contributed by atoms with van der Waals surface area (Å²) in [4.78, 5) is 29.4. The molecular weight excluding hydrogens is 308 g/mol. The van der Waals surface area contributed by atoms with E-state index in [-0.39, 0.29) is 27.7 Å². The van der Waals surface area contributed by atoms with Gasteiger partial charge >= 0.3 is 11.4 Å². The van der Waals surface area contributed by atoms with E-state index < -0.39 is 4.92 Å². The lowest BCUT2D eigenvalue weighted by Crippen LogP contribution is -2.16. The van der Waals surface area contributed by atoms with Crippen molar-refractivity contribution in [2.24, 2.45) is 0 Å². The van der Waals surface area contributed by atoms with Gasteiger partial charge in [-0.3, -0.25) is 14.7 Å². The minimum absolute atomic E-state index is 0.0518. The lowest BCUT2D eigenvalue weighted by molar-refractivity contribution is -0.388. The lowest BCUT2D eigenvalue weighted by atomic mass is 10.6. The number of nitro groups is 1. The first-order valence-corrected chi connectivity index (χ1v) is 6.77. The molecule has 11 heteroatoms. The summed E-state index contributed by atoms with van der Waals surface area (Å²) >= 11 is 6.57. The SMILES string of the molecule is O=c1[nH]nc(Sc2nc(Cl)ncc2[N+](=O)[O-])n1C1CC1. The molecular formula is C9H7ClN6O3S. The molecule has 0 atom stereocenters. The van der Waals surface area contributed by atoms with E-state index in [4.69, 9.17) is 11.6 Å². The van der Waals surface area contributed by atoms with Crippen molar-refractivity contribution in [2.75, 3.05) is 0 Å². The van der Waals surface area contributed by atoms with Crippen molar-refractivity contribution < 1.29 is 4.92 Å². The second-order valence-electron chi connectivity index (χ2n) is 4.10. The van der Waals surface area contributed by atoms with E-state index in [1.165, 1.54) is 4.57 Å². The van der Waals surface area contributed by atoms with Gasteiger partial charge < -0.3 is 0 Å². The molecule has 0 unspecified atom stereocenters. The van der Waals surface area contributed by atoms with Crippen molar-refractivity contribution in [3.05, 3.63) is 32.1 Å². The fourth-order valence-corrected chi connectivity index (χ4v) is 2.79. The van der Waals surface area contributed by atoms with Crippen LogP contribution in [0.1, 0.15) is 18.9 Å². The molecule has 104 valence electrons. The number of hydrogen-bond donors (Lipinski definition) is 1. The number of halogens is 1. The summed E-state index contributed by atoms with van der Waals surface area (Å²) in [6, 6.07) is 0.0973. The van der Waals surface area contributed by atoms with Gasteiger partial charge in [0.25, 0.3) is 0 Å². The number of nitrogens with zero attached hydrogens (tertiary/aromatic N) is 5. The van der Waals surface area contributed by atoms with Gasteiger partial charge in [-0.25, -0.2) is 19.9 Å². The Morgan fingerprint density at radius 2 is 2.30 bits per heavy atom. The number of rotatable bonds is 4. The highest BCUT2D eigenvalue weighted by molar-refractivity contribution is 7.99. The Morgan fingerprint density at radius 1 is 1.55 bits per heavy atom. The third kappa shape index (κ3) is 2.39. The van der Waals surface area contributed by atoms with Gasteiger partial charge in [0.05, 0.1) is 4.92 Å². The predicted octanol–water partition coefficient (Wildman–Crippen LogP) is 1.41. The monoisotopic (exact) mass is 314 g/mol. The fraction of sp³-hybridized carbons (Fsp3) is 0.333. The Kier molecular flexibility index (Phi) is 3.18. The zero-order valence-corrected chi connectivity index (χ0v) is 11.4. The number of hydrogen-bond acceptors (Lipinski definition) is 7. The van der Waals surface area contributed by atoms with Crippen LogP contribution in [0.25, 0.3) is 0 Å². The molecule has 1 aliphatic carbocycles. The molecule has 2 heterocycles. The van der Waals surface area contributed by atoms with Gasteiger partial charge in [0, 0.05) is 6.04 Å². The molecule has 1 fully saturated rings. The minimum Gasteiger partial charge on any atom is -0.267 e. The maximum atomic E-state index is 11.6. The van der Waals surface area contributed by atoms with E-state index in [0.29, 0.717) is 5.16 Å². The lowest BCUT2D eigenvalue weighted by Gasteiger charge is -2.03. The summed E-state index contributed by atoms with van der Waals surface area (Å²) in [5, 5.41) is 17.4. The smallest absolute Gasteiger partial charge is 0.267 e. The standard InChI is InChI=1S/C9H7ClN6O3S/c10-7-11-3-5(16(18)19)6(12-7)20-9-14-13-8(17)15(9)4-1-2-4/h3-4H,1-2H2,(H,13,17). The molecule has 0 aromatic carbocycles. The van der Waals surface area contributed by atoms with Crippen molar-refractivity contribution in [3.8, 4) is 0 Å².